The first-order valence-electron chi connectivity index (χ1n) is 8.10. The van der Waals surface area contributed by atoms with E-state index >= 15 is 0 Å². The van der Waals surface area contributed by atoms with Crippen LogP contribution in [0.4, 0.5) is 4.39 Å². The van der Waals surface area contributed by atoms with Gasteiger partial charge in [0.05, 0.1) is 0 Å². The van der Waals surface area contributed by atoms with E-state index < -0.39 is 0 Å². The van der Waals surface area contributed by atoms with Gasteiger partial charge in [-0.15, -0.1) is 0 Å². The number of hydrogen-bond donors (Lipinski definition) is 2. The van der Waals surface area contributed by atoms with E-state index in [4.69, 9.17) is 0 Å². The standard InChI is InChI=1S/C17H29FN4/c1-4-22(5-2)12-7-6-11-20-17(19-3)21-14-15-9-8-10-16(18)13-15/h8-10,13H,4-7,11-12,14H2,1-3H3,(H2,19,20,21). The molecule has 0 aliphatic rings. The van der Waals surface area contributed by atoms with Crippen molar-refractivity contribution in [2.24, 2.45) is 4.99 Å². The van der Waals surface area contributed by atoms with Crippen LogP contribution in [0.25, 0.3) is 0 Å². The molecule has 0 unspecified atom stereocenters. The summed E-state index contributed by atoms with van der Waals surface area (Å²) in [5.74, 6) is 0.547. The quantitative estimate of drug-likeness (QED) is 0.418. The minimum absolute atomic E-state index is 0.210. The van der Waals surface area contributed by atoms with Gasteiger partial charge in [0.1, 0.15) is 5.82 Å². The van der Waals surface area contributed by atoms with Crippen molar-refractivity contribution in [1.82, 2.24) is 15.5 Å². The molecule has 4 nitrogen and oxygen atoms in total. The first kappa shape index (κ1) is 18.4. The third-order valence-corrected chi connectivity index (χ3v) is 3.66. The number of benzene rings is 1. The Labute approximate surface area is 133 Å². The molecular formula is C17H29FN4. The van der Waals surface area contributed by atoms with E-state index in [1.807, 2.05) is 6.07 Å². The van der Waals surface area contributed by atoms with Crippen LogP contribution in [0.5, 0.6) is 0 Å². The maximum atomic E-state index is 13.1. The average molecular weight is 308 g/mol. The third-order valence-electron chi connectivity index (χ3n) is 3.66. The first-order valence-corrected chi connectivity index (χ1v) is 8.10. The topological polar surface area (TPSA) is 39.7 Å². The summed E-state index contributed by atoms with van der Waals surface area (Å²) >= 11 is 0. The highest BCUT2D eigenvalue weighted by Gasteiger charge is 2.01. The number of aliphatic imine (C=N–C) groups is 1. The Balaban J connectivity index is 2.20. The van der Waals surface area contributed by atoms with Gasteiger partial charge in [0.2, 0.25) is 0 Å². The van der Waals surface area contributed by atoms with Crippen LogP contribution in [-0.4, -0.2) is 44.1 Å². The molecule has 0 radical (unpaired) electrons. The largest absolute Gasteiger partial charge is 0.356 e. The maximum absolute atomic E-state index is 13.1. The van der Waals surface area contributed by atoms with Gasteiger partial charge in [-0.2, -0.15) is 0 Å². The fourth-order valence-electron chi connectivity index (χ4n) is 2.26. The van der Waals surface area contributed by atoms with Crippen molar-refractivity contribution in [1.29, 1.82) is 0 Å². The van der Waals surface area contributed by atoms with Gasteiger partial charge in [0.25, 0.3) is 0 Å². The van der Waals surface area contributed by atoms with Gasteiger partial charge in [0, 0.05) is 20.1 Å². The molecule has 124 valence electrons. The molecule has 0 fully saturated rings. The predicted octanol–water partition coefficient (Wildman–Crippen LogP) is 2.61. The Bertz CT molecular complexity index is 444. The maximum Gasteiger partial charge on any atom is 0.191 e. The summed E-state index contributed by atoms with van der Waals surface area (Å²) in [5.41, 5.74) is 0.907. The van der Waals surface area contributed by atoms with E-state index in [-0.39, 0.29) is 5.82 Å². The van der Waals surface area contributed by atoms with Crippen molar-refractivity contribution in [3.63, 3.8) is 0 Å². The normalized spacial score (nSPS) is 11.8. The zero-order chi connectivity index (χ0) is 16.2. The van der Waals surface area contributed by atoms with E-state index in [0.29, 0.717) is 6.54 Å². The smallest absolute Gasteiger partial charge is 0.191 e. The van der Waals surface area contributed by atoms with E-state index in [0.717, 1.165) is 44.1 Å². The molecule has 0 aromatic heterocycles. The molecule has 0 amide bonds. The van der Waals surface area contributed by atoms with Crippen molar-refractivity contribution in [2.75, 3.05) is 33.2 Å². The molecule has 1 aromatic carbocycles. The summed E-state index contributed by atoms with van der Waals surface area (Å²) in [4.78, 5) is 6.61. The zero-order valence-corrected chi connectivity index (χ0v) is 14.0. The second kappa shape index (κ2) is 11.0. The van der Waals surface area contributed by atoms with Crippen molar-refractivity contribution < 1.29 is 4.39 Å². The Morgan fingerprint density at radius 3 is 2.59 bits per heavy atom. The zero-order valence-electron chi connectivity index (χ0n) is 14.0. The molecule has 2 N–H and O–H groups in total. The van der Waals surface area contributed by atoms with Gasteiger partial charge in [-0.05, 0) is 50.2 Å². The van der Waals surface area contributed by atoms with Crippen molar-refractivity contribution >= 4 is 5.96 Å². The number of nitrogens with zero attached hydrogens (tertiary/aromatic N) is 2. The van der Waals surface area contributed by atoms with E-state index in [9.17, 15) is 4.39 Å². The fraction of sp³-hybridized carbons (Fsp3) is 0.588. The van der Waals surface area contributed by atoms with Crippen LogP contribution in [-0.2, 0) is 6.54 Å². The van der Waals surface area contributed by atoms with E-state index in [1.54, 1.807) is 13.1 Å². The molecule has 0 bridgehead atoms. The number of halogens is 1. The molecule has 0 saturated heterocycles. The van der Waals surface area contributed by atoms with Crippen molar-refractivity contribution in [3.8, 4) is 0 Å². The van der Waals surface area contributed by atoms with Crippen LogP contribution in [0.2, 0.25) is 0 Å². The molecule has 1 rings (SSSR count). The number of guanidine groups is 1. The SMILES string of the molecule is CCN(CC)CCCCNC(=NC)NCc1cccc(F)c1. The minimum atomic E-state index is -0.210. The summed E-state index contributed by atoms with van der Waals surface area (Å²) in [7, 11) is 1.75. The Morgan fingerprint density at radius 2 is 1.95 bits per heavy atom. The lowest BCUT2D eigenvalue weighted by Gasteiger charge is -2.18. The molecular weight excluding hydrogens is 279 g/mol. The van der Waals surface area contributed by atoms with E-state index in [1.165, 1.54) is 18.6 Å². The van der Waals surface area contributed by atoms with Crippen molar-refractivity contribution in [3.05, 3.63) is 35.6 Å². The molecule has 5 heteroatoms. The Morgan fingerprint density at radius 1 is 1.18 bits per heavy atom. The monoisotopic (exact) mass is 308 g/mol. The lowest BCUT2D eigenvalue weighted by molar-refractivity contribution is 0.297. The number of nitrogens with one attached hydrogen (secondary N) is 2. The summed E-state index contributed by atoms with van der Waals surface area (Å²) in [6, 6.07) is 6.60. The molecule has 0 saturated carbocycles. The van der Waals surface area contributed by atoms with E-state index in [2.05, 4.69) is 34.4 Å². The Hall–Kier alpha value is -1.62. The van der Waals surface area contributed by atoms with Gasteiger partial charge in [-0.3, -0.25) is 4.99 Å². The fourth-order valence-corrected chi connectivity index (χ4v) is 2.26. The summed E-state index contributed by atoms with van der Waals surface area (Å²) in [6.45, 7) is 9.21. The van der Waals surface area contributed by atoms with Crippen LogP contribution < -0.4 is 10.6 Å². The van der Waals surface area contributed by atoms with Crippen LogP contribution >= 0.6 is 0 Å². The predicted molar refractivity (Wildman–Crippen MR) is 91.6 cm³/mol. The van der Waals surface area contributed by atoms with Crippen molar-refractivity contribution in [2.45, 2.75) is 33.2 Å². The first-order chi connectivity index (χ1) is 10.7. The highest BCUT2D eigenvalue weighted by atomic mass is 19.1. The van der Waals surface area contributed by atoms with Crippen LogP contribution in [0.3, 0.4) is 0 Å². The highest BCUT2D eigenvalue weighted by Crippen LogP contribution is 2.02. The van der Waals surface area contributed by atoms with Crippen LogP contribution in [0.1, 0.15) is 32.3 Å². The molecule has 22 heavy (non-hydrogen) atoms. The van der Waals surface area contributed by atoms with Gasteiger partial charge in [0.15, 0.2) is 5.96 Å². The lowest BCUT2D eigenvalue weighted by atomic mass is 10.2. The minimum Gasteiger partial charge on any atom is -0.356 e. The summed E-state index contributed by atoms with van der Waals surface area (Å²) in [5, 5.41) is 6.49. The van der Waals surface area contributed by atoms with Gasteiger partial charge < -0.3 is 15.5 Å². The van der Waals surface area contributed by atoms with Gasteiger partial charge in [-0.1, -0.05) is 26.0 Å². The molecule has 0 spiro atoms. The van der Waals surface area contributed by atoms with Gasteiger partial charge in [-0.25, -0.2) is 4.39 Å². The second-order valence-electron chi connectivity index (χ2n) is 5.22. The summed E-state index contributed by atoms with van der Waals surface area (Å²) < 4.78 is 13.1. The lowest BCUT2D eigenvalue weighted by Crippen LogP contribution is -2.37. The summed E-state index contributed by atoms with van der Waals surface area (Å²) in [6.07, 6.45) is 2.28. The third kappa shape index (κ3) is 7.41. The molecule has 0 atom stereocenters. The van der Waals surface area contributed by atoms with Gasteiger partial charge >= 0.3 is 0 Å². The van der Waals surface area contributed by atoms with Crippen LogP contribution in [0, 0.1) is 5.82 Å². The number of rotatable bonds is 9. The molecule has 0 aliphatic carbocycles. The molecule has 0 aliphatic heterocycles. The average Bonchev–Trinajstić information content (AvgIpc) is 2.54. The number of hydrogen-bond acceptors (Lipinski definition) is 2. The molecule has 0 heterocycles. The second-order valence-corrected chi connectivity index (χ2v) is 5.22. The number of unbranched alkanes of at least 4 members (excludes halogenated alkanes) is 1. The highest BCUT2D eigenvalue weighted by molar-refractivity contribution is 5.79. The van der Waals surface area contributed by atoms with Crippen LogP contribution in [0.15, 0.2) is 29.3 Å². The Kier molecular flexibility index (Phi) is 9.23. The molecule has 1 aromatic rings.